The van der Waals surface area contributed by atoms with Crippen LogP contribution in [-0.4, -0.2) is 19.6 Å². The normalized spacial score (nSPS) is 11.3. The van der Waals surface area contributed by atoms with Gasteiger partial charge in [0.15, 0.2) is 0 Å². The molecule has 1 N–H and O–H groups in total. The molecule has 0 radical (unpaired) electrons. The van der Waals surface area contributed by atoms with E-state index in [9.17, 15) is 0 Å². The van der Waals surface area contributed by atoms with Crippen molar-refractivity contribution in [2.75, 3.05) is 0 Å². The number of hydrogen-bond acceptors (Lipinski definition) is 3. The molecule has 0 aliphatic rings. The van der Waals surface area contributed by atoms with Crippen molar-refractivity contribution in [2.24, 2.45) is 7.05 Å². The van der Waals surface area contributed by atoms with E-state index in [-0.39, 0.29) is 0 Å². The standard InChI is InChI=1S/C18H23N5/c1-14(2)18-16(13-22(3)21-18)12-19-11-15-5-7-17(8-6-15)23-10-4-9-20-23/h4-10,13-14,19H,11-12H2,1-3H3. The largest absolute Gasteiger partial charge is 0.308 e. The molecule has 1 aromatic carbocycles. The number of hydrogen-bond donors (Lipinski definition) is 1. The van der Waals surface area contributed by atoms with E-state index in [0.29, 0.717) is 5.92 Å². The molecular weight excluding hydrogens is 286 g/mol. The van der Waals surface area contributed by atoms with Crippen LogP contribution < -0.4 is 5.32 Å². The average Bonchev–Trinajstić information content (AvgIpc) is 3.18. The molecule has 2 aromatic heterocycles. The quantitative estimate of drug-likeness (QED) is 0.761. The van der Waals surface area contributed by atoms with Crippen molar-refractivity contribution in [2.45, 2.75) is 32.9 Å². The Morgan fingerprint density at radius 2 is 1.91 bits per heavy atom. The summed E-state index contributed by atoms with van der Waals surface area (Å²) in [5, 5.41) is 12.3. The lowest BCUT2D eigenvalue weighted by atomic mass is 10.1. The Morgan fingerprint density at radius 1 is 1.13 bits per heavy atom. The second kappa shape index (κ2) is 6.79. The molecule has 0 aliphatic heterocycles. The van der Waals surface area contributed by atoms with Gasteiger partial charge in [-0.15, -0.1) is 0 Å². The zero-order chi connectivity index (χ0) is 16.2. The predicted octanol–water partition coefficient (Wildman–Crippen LogP) is 3.02. The molecule has 2 heterocycles. The van der Waals surface area contributed by atoms with E-state index in [0.717, 1.165) is 18.8 Å². The van der Waals surface area contributed by atoms with E-state index < -0.39 is 0 Å². The van der Waals surface area contributed by atoms with Gasteiger partial charge in [-0.25, -0.2) is 4.68 Å². The molecule has 0 saturated heterocycles. The van der Waals surface area contributed by atoms with Gasteiger partial charge in [0.1, 0.15) is 0 Å². The SMILES string of the molecule is CC(C)c1nn(C)cc1CNCc1ccc(-n2cccn2)cc1. The van der Waals surface area contributed by atoms with Crippen LogP contribution in [-0.2, 0) is 20.1 Å². The zero-order valence-corrected chi connectivity index (χ0v) is 13.9. The summed E-state index contributed by atoms with van der Waals surface area (Å²) in [6.07, 6.45) is 5.84. The number of nitrogens with one attached hydrogen (secondary N) is 1. The molecule has 23 heavy (non-hydrogen) atoms. The summed E-state index contributed by atoms with van der Waals surface area (Å²) in [5.74, 6) is 0.446. The van der Waals surface area contributed by atoms with Gasteiger partial charge in [-0.3, -0.25) is 4.68 Å². The Hall–Kier alpha value is -2.40. The van der Waals surface area contributed by atoms with Crippen LogP contribution in [0.3, 0.4) is 0 Å². The van der Waals surface area contributed by atoms with Crippen LogP contribution in [0, 0.1) is 0 Å². The molecule has 0 spiro atoms. The monoisotopic (exact) mass is 309 g/mol. The minimum absolute atomic E-state index is 0.446. The van der Waals surface area contributed by atoms with Crippen molar-refractivity contribution in [3.8, 4) is 5.69 Å². The second-order valence-corrected chi connectivity index (χ2v) is 6.09. The van der Waals surface area contributed by atoms with Crippen LogP contribution in [0.1, 0.15) is 36.6 Å². The Bertz CT molecular complexity index is 738. The smallest absolute Gasteiger partial charge is 0.0694 e. The fraction of sp³-hybridized carbons (Fsp3) is 0.333. The fourth-order valence-corrected chi connectivity index (χ4v) is 2.71. The number of aryl methyl sites for hydroxylation is 1. The van der Waals surface area contributed by atoms with E-state index in [1.807, 2.05) is 28.7 Å². The summed E-state index contributed by atoms with van der Waals surface area (Å²) in [4.78, 5) is 0. The molecule has 0 bridgehead atoms. The highest BCUT2D eigenvalue weighted by Gasteiger charge is 2.10. The number of benzene rings is 1. The van der Waals surface area contributed by atoms with Crippen molar-refractivity contribution < 1.29 is 0 Å². The van der Waals surface area contributed by atoms with Crippen LogP contribution >= 0.6 is 0 Å². The van der Waals surface area contributed by atoms with Crippen molar-refractivity contribution in [1.29, 1.82) is 0 Å². The third-order valence-corrected chi connectivity index (χ3v) is 3.83. The van der Waals surface area contributed by atoms with E-state index in [1.165, 1.54) is 16.8 Å². The summed E-state index contributed by atoms with van der Waals surface area (Å²) >= 11 is 0. The van der Waals surface area contributed by atoms with Gasteiger partial charge in [0.05, 0.1) is 11.4 Å². The molecule has 5 nitrogen and oxygen atoms in total. The molecule has 3 aromatic rings. The first-order valence-electron chi connectivity index (χ1n) is 7.95. The Labute approximate surface area is 136 Å². The molecule has 0 amide bonds. The van der Waals surface area contributed by atoms with E-state index in [2.05, 4.69) is 59.8 Å². The maximum Gasteiger partial charge on any atom is 0.0694 e. The summed E-state index contributed by atoms with van der Waals surface area (Å²) in [6, 6.07) is 10.4. The van der Waals surface area contributed by atoms with Crippen LogP contribution in [0.15, 0.2) is 48.9 Å². The number of nitrogens with zero attached hydrogens (tertiary/aromatic N) is 4. The number of aromatic nitrogens is 4. The van der Waals surface area contributed by atoms with Gasteiger partial charge in [0, 0.05) is 44.3 Å². The predicted molar refractivity (Wildman–Crippen MR) is 91.4 cm³/mol. The summed E-state index contributed by atoms with van der Waals surface area (Å²) in [5.41, 5.74) is 4.79. The molecule has 0 aliphatic carbocycles. The lowest BCUT2D eigenvalue weighted by Crippen LogP contribution is -2.13. The zero-order valence-electron chi connectivity index (χ0n) is 13.9. The van der Waals surface area contributed by atoms with Crippen LogP contribution in [0.2, 0.25) is 0 Å². The Kier molecular flexibility index (Phi) is 4.57. The maximum absolute atomic E-state index is 4.54. The minimum Gasteiger partial charge on any atom is -0.308 e. The molecule has 5 heteroatoms. The lowest BCUT2D eigenvalue weighted by molar-refractivity contribution is 0.677. The first-order valence-corrected chi connectivity index (χ1v) is 7.95. The van der Waals surface area contributed by atoms with E-state index >= 15 is 0 Å². The van der Waals surface area contributed by atoms with Gasteiger partial charge < -0.3 is 5.32 Å². The van der Waals surface area contributed by atoms with Gasteiger partial charge in [0.2, 0.25) is 0 Å². The minimum atomic E-state index is 0.446. The van der Waals surface area contributed by atoms with Crippen LogP contribution in [0.5, 0.6) is 0 Å². The third-order valence-electron chi connectivity index (χ3n) is 3.83. The topological polar surface area (TPSA) is 47.7 Å². The average molecular weight is 309 g/mol. The summed E-state index contributed by atoms with van der Waals surface area (Å²) in [7, 11) is 1.98. The van der Waals surface area contributed by atoms with Crippen molar-refractivity contribution in [3.05, 3.63) is 65.7 Å². The first kappa shape index (κ1) is 15.5. The highest BCUT2D eigenvalue weighted by molar-refractivity contribution is 5.33. The Balaban J connectivity index is 1.59. The number of rotatable bonds is 6. The maximum atomic E-state index is 4.54. The van der Waals surface area contributed by atoms with E-state index in [4.69, 9.17) is 0 Å². The second-order valence-electron chi connectivity index (χ2n) is 6.09. The molecular formula is C18H23N5. The van der Waals surface area contributed by atoms with Gasteiger partial charge in [-0.05, 0) is 29.7 Å². The fourth-order valence-electron chi connectivity index (χ4n) is 2.71. The molecule has 0 fully saturated rings. The molecule has 0 unspecified atom stereocenters. The van der Waals surface area contributed by atoms with Crippen molar-refractivity contribution >= 4 is 0 Å². The molecule has 3 rings (SSSR count). The first-order chi connectivity index (χ1) is 11.1. The summed E-state index contributed by atoms with van der Waals surface area (Å²) < 4.78 is 3.76. The highest BCUT2D eigenvalue weighted by Crippen LogP contribution is 2.17. The van der Waals surface area contributed by atoms with Gasteiger partial charge in [-0.1, -0.05) is 26.0 Å². The highest BCUT2D eigenvalue weighted by atomic mass is 15.3. The van der Waals surface area contributed by atoms with Gasteiger partial charge >= 0.3 is 0 Å². The van der Waals surface area contributed by atoms with Crippen LogP contribution in [0.25, 0.3) is 5.69 Å². The van der Waals surface area contributed by atoms with Crippen molar-refractivity contribution in [1.82, 2.24) is 24.9 Å². The van der Waals surface area contributed by atoms with Gasteiger partial charge in [0.25, 0.3) is 0 Å². The Morgan fingerprint density at radius 3 is 2.57 bits per heavy atom. The molecule has 0 saturated carbocycles. The van der Waals surface area contributed by atoms with Gasteiger partial charge in [-0.2, -0.15) is 10.2 Å². The van der Waals surface area contributed by atoms with E-state index in [1.54, 1.807) is 6.20 Å². The third kappa shape index (κ3) is 3.68. The lowest BCUT2D eigenvalue weighted by Gasteiger charge is -2.08. The molecule has 120 valence electrons. The molecule has 0 atom stereocenters. The summed E-state index contributed by atoms with van der Waals surface area (Å²) in [6.45, 7) is 6.04. The van der Waals surface area contributed by atoms with Crippen molar-refractivity contribution in [3.63, 3.8) is 0 Å². The van der Waals surface area contributed by atoms with Crippen LogP contribution in [0.4, 0.5) is 0 Å².